The van der Waals surface area contributed by atoms with Crippen LogP contribution in [0.2, 0.25) is 0 Å². The van der Waals surface area contributed by atoms with Crippen molar-refractivity contribution in [2.75, 3.05) is 13.1 Å². The summed E-state index contributed by atoms with van der Waals surface area (Å²) < 4.78 is 12.9. The van der Waals surface area contributed by atoms with E-state index in [0.29, 0.717) is 11.3 Å². The third-order valence-corrected chi connectivity index (χ3v) is 3.44. The molecule has 18 heavy (non-hydrogen) atoms. The summed E-state index contributed by atoms with van der Waals surface area (Å²) in [6.07, 6.45) is 1.59. The maximum Gasteiger partial charge on any atom is 0.272 e. The van der Waals surface area contributed by atoms with Crippen molar-refractivity contribution in [3.8, 4) is 0 Å². The third kappa shape index (κ3) is 1.90. The van der Waals surface area contributed by atoms with E-state index in [4.69, 9.17) is 0 Å². The Labute approximate surface area is 104 Å². The maximum absolute atomic E-state index is 12.9. The molecule has 2 heterocycles. The zero-order valence-electron chi connectivity index (χ0n) is 9.87. The molecule has 1 amide bonds. The van der Waals surface area contributed by atoms with Crippen LogP contribution in [0.1, 0.15) is 18.4 Å². The predicted molar refractivity (Wildman–Crippen MR) is 65.9 cm³/mol. The SMILES string of the molecule is O=C1NC2(CCNCC2)N=C1c1ccc(F)cc1. The number of carbonyl (C=O) groups excluding carboxylic acids is 1. The summed E-state index contributed by atoms with van der Waals surface area (Å²) in [7, 11) is 0. The van der Waals surface area contributed by atoms with Gasteiger partial charge in [-0.05, 0) is 37.4 Å². The van der Waals surface area contributed by atoms with Gasteiger partial charge < -0.3 is 10.6 Å². The van der Waals surface area contributed by atoms with E-state index in [1.807, 2.05) is 0 Å². The third-order valence-electron chi connectivity index (χ3n) is 3.44. The van der Waals surface area contributed by atoms with Crippen LogP contribution in [0, 0.1) is 5.82 Å². The average Bonchev–Trinajstić information content (AvgIpc) is 2.68. The lowest BCUT2D eigenvalue weighted by Crippen LogP contribution is -2.49. The average molecular weight is 247 g/mol. The van der Waals surface area contributed by atoms with Crippen molar-refractivity contribution < 1.29 is 9.18 Å². The van der Waals surface area contributed by atoms with Crippen LogP contribution in [0.3, 0.4) is 0 Å². The van der Waals surface area contributed by atoms with E-state index in [2.05, 4.69) is 15.6 Å². The van der Waals surface area contributed by atoms with Crippen LogP contribution < -0.4 is 10.6 Å². The number of halogens is 1. The second kappa shape index (κ2) is 4.17. The Bertz CT molecular complexity index is 503. The fourth-order valence-corrected chi connectivity index (χ4v) is 2.44. The monoisotopic (exact) mass is 247 g/mol. The molecule has 1 spiro atoms. The maximum atomic E-state index is 12.9. The molecule has 1 fully saturated rings. The molecule has 0 radical (unpaired) electrons. The summed E-state index contributed by atoms with van der Waals surface area (Å²) in [6.45, 7) is 1.70. The molecule has 3 rings (SSSR count). The first-order chi connectivity index (χ1) is 8.69. The van der Waals surface area contributed by atoms with Crippen LogP contribution in [0.4, 0.5) is 4.39 Å². The Morgan fingerprint density at radius 2 is 1.83 bits per heavy atom. The zero-order valence-corrected chi connectivity index (χ0v) is 9.87. The molecule has 2 aliphatic heterocycles. The van der Waals surface area contributed by atoms with Gasteiger partial charge in [-0.2, -0.15) is 0 Å². The number of hydrogen-bond acceptors (Lipinski definition) is 3. The molecule has 0 atom stereocenters. The molecule has 1 aromatic rings. The molecule has 0 saturated carbocycles. The second-order valence-corrected chi connectivity index (χ2v) is 4.70. The highest BCUT2D eigenvalue weighted by molar-refractivity contribution is 6.46. The highest BCUT2D eigenvalue weighted by Crippen LogP contribution is 2.26. The standard InChI is InChI=1S/C13H14FN3O/c14-10-3-1-9(2-4-10)11-12(18)17-13(16-11)5-7-15-8-6-13/h1-4,15H,5-8H2,(H,17,18). The van der Waals surface area contributed by atoms with Crippen molar-refractivity contribution in [1.82, 2.24) is 10.6 Å². The smallest absolute Gasteiger partial charge is 0.272 e. The molecule has 1 saturated heterocycles. The summed E-state index contributed by atoms with van der Waals surface area (Å²) in [5, 5.41) is 6.20. The van der Waals surface area contributed by atoms with E-state index >= 15 is 0 Å². The van der Waals surface area contributed by atoms with Crippen LogP contribution >= 0.6 is 0 Å². The molecular formula is C13H14FN3O. The fraction of sp³-hybridized carbons (Fsp3) is 0.385. The minimum Gasteiger partial charge on any atom is -0.326 e. The summed E-state index contributed by atoms with van der Waals surface area (Å²) >= 11 is 0. The number of hydrogen-bond donors (Lipinski definition) is 2. The number of amides is 1. The van der Waals surface area contributed by atoms with E-state index in [9.17, 15) is 9.18 Å². The van der Waals surface area contributed by atoms with Crippen molar-refractivity contribution in [2.24, 2.45) is 4.99 Å². The van der Waals surface area contributed by atoms with Gasteiger partial charge in [-0.25, -0.2) is 4.39 Å². The van der Waals surface area contributed by atoms with Crippen LogP contribution in [-0.2, 0) is 4.79 Å². The molecule has 0 unspecified atom stereocenters. The Morgan fingerprint density at radius 1 is 1.17 bits per heavy atom. The lowest BCUT2D eigenvalue weighted by molar-refractivity contribution is -0.115. The predicted octanol–water partition coefficient (Wildman–Crippen LogP) is 0.824. The molecule has 94 valence electrons. The quantitative estimate of drug-likeness (QED) is 0.772. The van der Waals surface area contributed by atoms with Crippen LogP contribution in [-0.4, -0.2) is 30.4 Å². The molecule has 0 bridgehead atoms. The minimum atomic E-state index is -0.452. The van der Waals surface area contributed by atoms with Crippen molar-refractivity contribution in [2.45, 2.75) is 18.5 Å². The van der Waals surface area contributed by atoms with E-state index in [0.717, 1.165) is 25.9 Å². The van der Waals surface area contributed by atoms with Gasteiger partial charge in [-0.1, -0.05) is 0 Å². The second-order valence-electron chi connectivity index (χ2n) is 4.70. The van der Waals surface area contributed by atoms with Crippen LogP contribution in [0.15, 0.2) is 29.3 Å². The number of piperidine rings is 1. The molecule has 5 heteroatoms. The van der Waals surface area contributed by atoms with Crippen LogP contribution in [0.5, 0.6) is 0 Å². The summed E-state index contributed by atoms with van der Waals surface area (Å²) in [5.74, 6) is -0.474. The van der Waals surface area contributed by atoms with E-state index < -0.39 is 5.66 Å². The highest BCUT2D eigenvalue weighted by Gasteiger charge is 2.40. The largest absolute Gasteiger partial charge is 0.326 e. The van der Waals surface area contributed by atoms with Gasteiger partial charge in [0, 0.05) is 18.4 Å². The van der Waals surface area contributed by atoms with Gasteiger partial charge in [-0.3, -0.25) is 9.79 Å². The lowest BCUT2D eigenvalue weighted by atomic mass is 10.00. The number of benzene rings is 1. The summed E-state index contributed by atoms with van der Waals surface area (Å²) in [6, 6.07) is 5.87. The normalized spacial score (nSPS) is 21.8. The molecular weight excluding hydrogens is 233 g/mol. The zero-order chi connectivity index (χ0) is 12.6. The first-order valence-corrected chi connectivity index (χ1v) is 6.08. The van der Waals surface area contributed by atoms with Crippen molar-refractivity contribution in [1.29, 1.82) is 0 Å². The van der Waals surface area contributed by atoms with Crippen molar-refractivity contribution in [3.05, 3.63) is 35.6 Å². The number of rotatable bonds is 1. The van der Waals surface area contributed by atoms with Gasteiger partial charge in [0.25, 0.3) is 5.91 Å². The van der Waals surface area contributed by atoms with Crippen LogP contribution in [0.25, 0.3) is 0 Å². The summed E-state index contributed by atoms with van der Waals surface area (Å²) in [5.41, 5.74) is 0.632. The Hall–Kier alpha value is -1.75. The number of nitrogens with zero attached hydrogens (tertiary/aromatic N) is 1. The lowest BCUT2D eigenvalue weighted by Gasteiger charge is -2.30. The van der Waals surface area contributed by atoms with E-state index in [-0.39, 0.29) is 11.7 Å². The van der Waals surface area contributed by atoms with Gasteiger partial charge in [0.15, 0.2) is 0 Å². The Morgan fingerprint density at radius 3 is 2.50 bits per heavy atom. The van der Waals surface area contributed by atoms with E-state index in [1.165, 1.54) is 12.1 Å². The first-order valence-electron chi connectivity index (χ1n) is 6.08. The van der Waals surface area contributed by atoms with Gasteiger partial charge in [0.1, 0.15) is 17.2 Å². The van der Waals surface area contributed by atoms with Gasteiger partial charge in [-0.15, -0.1) is 0 Å². The first kappa shape index (κ1) is 11.3. The number of nitrogens with one attached hydrogen (secondary N) is 2. The number of carbonyl (C=O) groups is 1. The Kier molecular flexibility index (Phi) is 2.63. The van der Waals surface area contributed by atoms with Crippen molar-refractivity contribution >= 4 is 11.6 Å². The minimum absolute atomic E-state index is 0.163. The van der Waals surface area contributed by atoms with Gasteiger partial charge >= 0.3 is 0 Å². The fourth-order valence-electron chi connectivity index (χ4n) is 2.44. The molecule has 2 aliphatic rings. The molecule has 0 aromatic heterocycles. The highest BCUT2D eigenvalue weighted by atomic mass is 19.1. The molecule has 0 aliphatic carbocycles. The van der Waals surface area contributed by atoms with Gasteiger partial charge in [0.05, 0.1) is 0 Å². The number of aliphatic imine (C=N–C) groups is 1. The summed E-state index contributed by atoms with van der Waals surface area (Å²) in [4.78, 5) is 16.5. The van der Waals surface area contributed by atoms with Gasteiger partial charge in [0.2, 0.25) is 0 Å². The molecule has 1 aromatic carbocycles. The topological polar surface area (TPSA) is 53.5 Å². The molecule has 2 N–H and O–H groups in total. The Balaban J connectivity index is 1.93. The van der Waals surface area contributed by atoms with Crippen molar-refractivity contribution in [3.63, 3.8) is 0 Å². The van der Waals surface area contributed by atoms with E-state index in [1.54, 1.807) is 12.1 Å². The molecule has 4 nitrogen and oxygen atoms in total.